The summed E-state index contributed by atoms with van der Waals surface area (Å²) in [4.78, 5) is 94.5. The van der Waals surface area contributed by atoms with E-state index in [2.05, 4.69) is 9.97 Å². The number of nitrogens with zero attached hydrogens (tertiary/aromatic N) is 6. The second-order valence-corrected chi connectivity index (χ2v) is 14.5. The third-order valence-corrected chi connectivity index (χ3v) is 9.72. The van der Waals surface area contributed by atoms with Crippen molar-refractivity contribution in [3.63, 3.8) is 0 Å². The molecule has 1 aromatic heterocycles. The number of aromatic amines is 1. The van der Waals surface area contributed by atoms with Crippen LogP contribution in [0.3, 0.4) is 0 Å². The van der Waals surface area contributed by atoms with Gasteiger partial charge in [-0.15, -0.1) is 0 Å². The number of primary amides is 1. The molecule has 0 saturated carbocycles. The number of nitrogens with one attached hydrogen (secondary N) is 1. The van der Waals surface area contributed by atoms with Gasteiger partial charge in [0.2, 0.25) is 35.4 Å². The SMILES string of the molecule is CC(C)C[C@@H](C(=O)N(C)[C@H](C(=O)N(C)[C@@H](Cc1cnc[nH]1)C(=O)N(C)[C@@H](CO)C(=O)N(C)[C@@H](CO)C(N)=O)C(C)C)N(C)C(=O)[C@@H](N)Cc1ccccc1. The summed E-state index contributed by atoms with van der Waals surface area (Å²) >= 11 is 0. The van der Waals surface area contributed by atoms with Crippen molar-refractivity contribution in [3.05, 3.63) is 54.1 Å². The van der Waals surface area contributed by atoms with Crippen LogP contribution in [0.1, 0.15) is 45.4 Å². The Labute approximate surface area is 317 Å². The van der Waals surface area contributed by atoms with E-state index in [0.717, 1.165) is 15.4 Å². The van der Waals surface area contributed by atoms with Gasteiger partial charge in [-0.25, -0.2) is 4.98 Å². The lowest BCUT2D eigenvalue weighted by Crippen LogP contribution is -2.62. The van der Waals surface area contributed by atoms with Crippen LogP contribution in [0.2, 0.25) is 0 Å². The highest BCUT2D eigenvalue weighted by atomic mass is 16.3. The Morgan fingerprint density at radius 1 is 0.685 bits per heavy atom. The second kappa shape index (κ2) is 20.5. The Kier molecular flexibility index (Phi) is 17.2. The molecule has 6 atom stereocenters. The van der Waals surface area contributed by atoms with Crippen LogP contribution in [0.4, 0.5) is 0 Å². The molecule has 300 valence electrons. The fourth-order valence-corrected chi connectivity index (χ4v) is 6.42. The summed E-state index contributed by atoms with van der Waals surface area (Å²) < 4.78 is 0. The molecule has 6 amide bonds. The number of hydrogen-bond acceptors (Lipinski definition) is 10. The number of carbonyl (C=O) groups excluding carboxylic acids is 6. The molecule has 0 aliphatic heterocycles. The van der Waals surface area contributed by atoms with Crippen LogP contribution in [0, 0.1) is 11.8 Å². The molecule has 0 aliphatic rings. The number of rotatable bonds is 20. The Balaban J connectivity index is 2.46. The average molecular weight is 758 g/mol. The van der Waals surface area contributed by atoms with Gasteiger partial charge in [0, 0.05) is 53.5 Å². The molecule has 2 aromatic rings. The van der Waals surface area contributed by atoms with E-state index in [1.165, 1.54) is 62.5 Å². The zero-order valence-corrected chi connectivity index (χ0v) is 32.9. The number of imidazole rings is 1. The normalized spacial score (nSPS) is 14.7. The number of carbonyl (C=O) groups is 6. The third-order valence-electron chi connectivity index (χ3n) is 9.72. The number of aliphatic hydroxyl groups is 2. The van der Waals surface area contributed by atoms with Gasteiger partial charge in [0.15, 0.2) is 0 Å². The van der Waals surface area contributed by atoms with Crippen molar-refractivity contribution >= 4 is 35.4 Å². The number of H-pyrrole nitrogens is 1. The zero-order chi connectivity index (χ0) is 41.0. The molecule has 1 heterocycles. The molecule has 0 radical (unpaired) electrons. The quantitative estimate of drug-likeness (QED) is 0.108. The number of aliphatic hydroxyl groups excluding tert-OH is 2. The minimum Gasteiger partial charge on any atom is -0.394 e. The molecule has 0 spiro atoms. The van der Waals surface area contributed by atoms with Crippen LogP contribution in [-0.4, -0.2) is 165 Å². The summed E-state index contributed by atoms with van der Waals surface area (Å²) in [6.07, 6.45) is 3.36. The summed E-state index contributed by atoms with van der Waals surface area (Å²) in [5.41, 5.74) is 13.0. The van der Waals surface area contributed by atoms with Gasteiger partial charge in [-0.05, 0) is 30.2 Å². The van der Waals surface area contributed by atoms with E-state index in [0.29, 0.717) is 12.1 Å². The first-order chi connectivity index (χ1) is 25.3. The van der Waals surface area contributed by atoms with Gasteiger partial charge in [-0.1, -0.05) is 58.0 Å². The Bertz CT molecular complexity index is 1560. The summed E-state index contributed by atoms with van der Waals surface area (Å²) in [6, 6.07) is 2.16. The summed E-state index contributed by atoms with van der Waals surface area (Å²) in [5, 5.41) is 19.9. The van der Waals surface area contributed by atoms with Gasteiger partial charge in [-0.2, -0.15) is 0 Å². The van der Waals surface area contributed by atoms with E-state index in [-0.39, 0.29) is 18.8 Å². The third kappa shape index (κ3) is 11.3. The van der Waals surface area contributed by atoms with Crippen LogP contribution >= 0.6 is 0 Å². The largest absolute Gasteiger partial charge is 0.394 e. The van der Waals surface area contributed by atoms with E-state index in [1.54, 1.807) is 13.8 Å². The van der Waals surface area contributed by atoms with Gasteiger partial charge >= 0.3 is 0 Å². The number of nitrogens with two attached hydrogens (primary N) is 2. The molecule has 7 N–H and O–H groups in total. The molecule has 0 unspecified atom stereocenters. The van der Waals surface area contributed by atoms with Crippen molar-refractivity contribution in [2.24, 2.45) is 23.3 Å². The van der Waals surface area contributed by atoms with E-state index in [9.17, 15) is 39.0 Å². The molecule has 0 bridgehead atoms. The highest BCUT2D eigenvalue weighted by Crippen LogP contribution is 2.22. The lowest BCUT2D eigenvalue weighted by atomic mass is 9.96. The molecule has 54 heavy (non-hydrogen) atoms. The standard InChI is InChI=1S/C37H59N9O8/c1-22(2)15-27(42(5)33(50)26(38)16-24-13-11-10-12-14-24)35(52)46(9)31(23(3)4)37(54)43(6)28(17-25-18-40-21-41-25)34(51)45(8)30(20-48)36(53)44(7)29(19-47)32(39)49/h10-14,18,21-23,26-31,47-48H,15-17,19-20,38H2,1-9H3,(H2,39,49)(H,40,41)/t26-,27-,28-,29-,30-,31-/m0/s1. The van der Waals surface area contributed by atoms with Crippen molar-refractivity contribution in [1.29, 1.82) is 0 Å². The molecule has 1 aromatic carbocycles. The number of hydrogen-bond donors (Lipinski definition) is 5. The van der Waals surface area contributed by atoms with Crippen molar-refractivity contribution in [3.8, 4) is 0 Å². The fourth-order valence-electron chi connectivity index (χ4n) is 6.42. The van der Waals surface area contributed by atoms with E-state index < -0.39 is 90.8 Å². The first-order valence-corrected chi connectivity index (χ1v) is 17.9. The number of likely N-dealkylation sites (N-methyl/N-ethyl adjacent to an activating group) is 5. The highest BCUT2D eigenvalue weighted by molar-refractivity contribution is 5.96. The van der Waals surface area contributed by atoms with Crippen LogP contribution in [0.5, 0.6) is 0 Å². The summed E-state index contributed by atoms with van der Waals surface area (Å²) in [5.74, 6) is -4.57. The maximum Gasteiger partial charge on any atom is 0.248 e. The molecular formula is C37H59N9O8. The maximum atomic E-state index is 14.5. The molecular weight excluding hydrogens is 698 g/mol. The summed E-state index contributed by atoms with van der Waals surface area (Å²) in [7, 11) is 6.90. The number of aromatic nitrogens is 2. The Hall–Kier alpha value is -4.87. The predicted molar refractivity (Wildman–Crippen MR) is 201 cm³/mol. The first-order valence-electron chi connectivity index (χ1n) is 17.9. The zero-order valence-electron chi connectivity index (χ0n) is 32.9. The minimum absolute atomic E-state index is 0.00683. The van der Waals surface area contributed by atoms with Gasteiger partial charge in [0.05, 0.1) is 25.6 Å². The van der Waals surface area contributed by atoms with Gasteiger partial charge < -0.3 is 51.2 Å². The first kappa shape index (κ1) is 45.3. The molecule has 17 heteroatoms. The number of amides is 6. The molecule has 17 nitrogen and oxygen atoms in total. The summed E-state index contributed by atoms with van der Waals surface area (Å²) in [6.45, 7) is 5.73. The monoisotopic (exact) mass is 757 g/mol. The Morgan fingerprint density at radius 2 is 1.19 bits per heavy atom. The van der Waals surface area contributed by atoms with Crippen molar-refractivity contribution in [1.82, 2.24) is 34.5 Å². The second-order valence-electron chi connectivity index (χ2n) is 14.5. The Morgan fingerprint density at radius 3 is 1.67 bits per heavy atom. The smallest absolute Gasteiger partial charge is 0.248 e. The van der Waals surface area contributed by atoms with E-state index in [1.807, 2.05) is 44.2 Å². The van der Waals surface area contributed by atoms with Gasteiger partial charge in [0.25, 0.3) is 0 Å². The molecule has 0 aliphatic carbocycles. The van der Waals surface area contributed by atoms with Crippen molar-refractivity contribution in [2.75, 3.05) is 48.5 Å². The number of benzene rings is 1. The van der Waals surface area contributed by atoms with Gasteiger partial charge in [0.1, 0.15) is 30.2 Å². The van der Waals surface area contributed by atoms with Crippen LogP contribution < -0.4 is 11.5 Å². The van der Waals surface area contributed by atoms with E-state index in [4.69, 9.17) is 11.5 Å². The average Bonchev–Trinajstić information content (AvgIpc) is 3.65. The highest BCUT2D eigenvalue weighted by Gasteiger charge is 2.42. The van der Waals surface area contributed by atoms with Crippen LogP contribution in [0.15, 0.2) is 42.9 Å². The van der Waals surface area contributed by atoms with Crippen LogP contribution in [-0.2, 0) is 41.6 Å². The lowest BCUT2D eigenvalue weighted by Gasteiger charge is -2.40. The molecule has 2 rings (SSSR count). The van der Waals surface area contributed by atoms with Crippen molar-refractivity contribution < 1.29 is 39.0 Å². The topological polar surface area (TPSA) is 240 Å². The van der Waals surface area contributed by atoms with Crippen molar-refractivity contribution in [2.45, 2.75) is 83.2 Å². The van der Waals surface area contributed by atoms with E-state index >= 15 is 0 Å². The lowest BCUT2D eigenvalue weighted by molar-refractivity contribution is -0.157. The van der Waals surface area contributed by atoms with Gasteiger partial charge in [-0.3, -0.25) is 28.8 Å². The minimum atomic E-state index is -1.51. The van der Waals surface area contributed by atoms with Crippen LogP contribution in [0.25, 0.3) is 0 Å². The molecule has 0 saturated heterocycles. The maximum absolute atomic E-state index is 14.5. The fraction of sp³-hybridized carbons (Fsp3) is 0.595. The predicted octanol–water partition coefficient (Wildman–Crippen LogP) is -1.17. The molecule has 0 fully saturated rings.